The maximum absolute atomic E-state index is 11.2. The fourth-order valence-corrected chi connectivity index (χ4v) is 1.79. The van der Waals surface area contributed by atoms with Gasteiger partial charge in [0, 0.05) is 17.3 Å². The van der Waals surface area contributed by atoms with Gasteiger partial charge in [0.1, 0.15) is 0 Å². The van der Waals surface area contributed by atoms with Crippen molar-refractivity contribution in [3.05, 3.63) is 23.8 Å². The van der Waals surface area contributed by atoms with Gasteiger partial charge in [-0.25, -0.2) is 4.79 Å². The Balaban J connectivity index is 2.89. The van der Waals surface area contributed by atoms with Gasteiger partial charge in [-0.15, -0.1) is 0 Å². The first kappa shape index (κ1) is 11.0. The van der Waals surface area contributed by atoms with Crippen LogP contribution in [0.5, 0.6) is 0 Å². The summed E-state index contributed by atoms with van der Waals surface area (Å²) in [5.41, 5.74) is -0.0749. The van der Waals surface area contributed by atoms with Crippen LogP contribution in [0, 0.1) is 16.7 Å². The van der Waals surface area contributed by atoms with Gasteiger partial charge >= 0.3 is 5.97 Å². The average molecular weight is 256 g/mol. The van der Waals surface area contributed by atoms with Gasteiger partial charge in [0.25, 0.3) is 0 Å². The molecule has 0 aromatic carbocycles. The molecule has 1 rings (SSSR count). The minimum atomic E-state index is -0.613. The normalized spacial score (nSPS) is 25.1. The van der Waals surface area contributed by atoms with E-state index in [4.69, 9.17) is 5.26 Å². The molecule has 1 unspecified atom stereocenters. The lowest BCUT2D eigenvalue weighted by atomic mass is 9.81. The first-order chi connectivity index (χ1) is 6.67. The topological polar surface area (TPSA) is 50.1 Å². The van der Waals surface area contributed by atoms with E-state index in [-0.39, 0.29) is 5.97 Å². The highest BCUT2D eigenvalue weighted by molar-refractivity contribution is 9.09. The van der Waals surface area contributed by atoms with Crippen molar-refractivity contribution in [3.8, 4) is 6.07 Å². The Morgan fingerprint density at radius 3 is 3.07 bits per heavy atom. The molecule has 0 aromatic heterocycles. The van der Waals surface area contributed by atoms with Gasteiger partial charge in [0.05, 0.1) is 18.6 Å². The molecule has 4 heteroatoms. The van der Waals surface area contributed by atoms with Crippen LogP contribution in [0.3, 0.4) is 0 Å². The van der Waals surface area contributed by atoms with Crippen LogP contribution in [-0.2, 0) is 9.53 Å². The average Bonchev–Trinajstić information content (AvgIpc) is 2.28. The summed E-state index contributed by atoms with van der Waals surface area (Å²) in [6.07, 6.45) is 5.61. The van der Waals surface area contributed by atoms with Crippen molar-refractivity contribution in [1.29, 1.82) is 5.26 Å². The van der Waals surface area contributed by atoms with E-state index < -0.39 is 5.41 Å². The summed E-state index contributed by atoms with van der Waals surface area (Å²) in [5.74, 6) is -0.366. The highest BCUT2D eigenvalue weighted by Crippen LogP contribution is 2.33. The van der Waals surface area contributed by atoms with Crippen LogP contribution in [0.4, 0.5) is 0 Å². The standard InChI is InChI=1S/C10H10BrNO2/c1-14-9(13)8-3-2-4-10(5-8,6-11)7-12/h2-4H,5-6H2,1H3. The smallest absolute Gasteiger partial charge is 0.333 e. The molecule has 1 aliphatic rings. The van der Waals surface area contributed by atoms with Gasteiger partial charge in [0.15, 0.2) is 0 Å². The van der Waals surface area contributed by atoms with Crippen LogP contribution in [-0.4, -0.2) is 18.4 Å². The van der Waals surface area contributed by atoms with E-state index in [2.05, 4.69) is 26.7 Å². The Bertz CT molecular complexity index is 341. The molecule has 0 bridgehead atoms. The largest absolute Gasteiger partial charge is 0.466 e. The van der Waals surface area contributed by atoms with Crippen molar-refractivity contribution in [2.75, 3.05) is 12.4 Å². The van der Waals surface area contributed by atoms with Crippen LogP contribution in [0.25, 0.3) is 0 Å². The molecular formula is C10H10BrNO2. The molecule has 0 fully saturated rings. The molecule has 0 N–H and O–H groups in total. The fourth-order valence-electron chi connectivity index (χ4n) is 1.28. The van der Waals surface area contributed by atoms with Crippen LogP contribution < -0.4 is 0 Å². The molecular weight excluding hydrogens is 246 g/mol. The quantitative estimate of drug-likeness (QED) is 0.560. The number of carbonyl (C=O) groups excluding carboxylic acids is 1. The summed E-state index contributed by atoms with van der Waals surface area (Å²) < 4.78 is 4.61. The maximum atomic E-state index is 11.2. The van der Waals surface area contributed by atoms with Crippen molar-refractivity contribution in [1.82, 2.24) is 0 Å². The monoisotopic (exact) mass is 255 g/mol. The highest BCUT2D eigenvalue weighted by atomic mass is 79.9. The number of halogens is 1. The molecule has 0 saturated carbocycles. The van der Waals surface area contributed by atoms with Gasteiger partial charge in [-0.3, -0.25) is 0 Å². The van der Waals surface area contributed by atoms with Crippen molar-refractivity contribution in [2.24, 2.45) is 5.41 Å². The molecule has 0 aromatic rings. The van der Waals surface area contributed by atoms with Gasteiger partial charge < -0.3 is 4.74 Å². The number of hydrogen-bond donors (Lipinski definition) is 0. The Morgan fingerprint density at radius 1 is 1.86 bits per heavy atom. The van der Waals surface area contributed by atoms with E-state index in [0.717, 1.165) is 0 Å². The van der Waals surface area contributed by atoms with E-state index in [9.17, 15) is 4.79 Å². The number of carbonyl (C=O) groups is 1. The maximum Gasteiger partial charge on any atom is 0.333 e. The van der Waals surface area contributed by atoms with Gasteiger partial charge in [-0.1, -0.05) is 34.2 Å². The van der Waals surface area contributed by atoms with Crippen LogP contribution in [0.15, 0.2) is 23.8 Å². The molecule has 1 aliphatic carbocycles. The van der Waals surface area contributed by atoms with Crippen molar-refractivity contribution < 1.29 is 9.53 Å². The van der Waals surface area contributed by atoms with Gasteiger partial charge in [0.2, 0.25) is 0 Å². The summed E-state index contributed by atoms with van der Waals surface area (Å²) in [6, 6.07) is 2.19. The van der Waals surface area contributed by atoms with E-state index >= 15 is 0 Å². The number of ether oxygens (including phenoxy) is 1. The minimum Gasteiger partial charge on any atom is -0.466 e. The third-order valence-electron chi connectivity index (χ3n) is 2.13. The van der Waals surface area contributed by atoms with Crippen LogP contribution in [0.1, 0.15) is 6.42 Å². The zero-order valence-corrected chi connectivity index (χ0v) is 9.37. The number of rotatable bonds is 2. The number of methoxy groups -OCH3 is 1. The first-order valence-electron chi connectivity index (χ1n) is 4.11. The third-order valence-corrected chi connectivity index (χ3v) is 3.13. The van der Waals surface area contributed by atoms with Crippen molar-refractivity contribution in [2.45, 2.75) is 6.42 Å². The summed E-state index contributed by atoms with van der Waals surface area (Å²) in [4.78, 5) is 11.2. The summed E-state index contributed by atoms with van der Waals surface area (Å²) >= 11 is 3.27. The third kappa shape index (κ3) is 2.05. The highest BCUT2D eigenvalue weighted by Gasteiger charge is 2.31. The zero-order chi connectivity index (χ0) is 10.6. The second-order valence-corrected chi connectivity index (χ2v) is 3.68. The number of esters is 1. The SMILES string of the molecule is COC(=O)C1=CC=CC(C#N)(CBr)C1. The van der Waals surface area contributed by atoms with E-state index in [1.54, 1.807) is 18.2 Å². The molecule has 0 saturated heterocycles. The lowest BCUT2D eigenvalue weighted by molar-refractivity contribution is -0.136. The number of nitrogens with zero attached hydrogens (tertiary/aromatic N) is 1. The molecule has 0 spiro atoms. The van der Waals surface area contributed by atoms with Gasteiger partial charge in [-0.2, -0.15) is 5.26 Å². The molecule has 14 heavy (non-hydrogen) atoms. The predicted octanol–water partition coefficient (Wildman–Crippen LogP) is 1.95. The Labute approximate surface area is 91.2 Å². The predicted molar refractivity (Wildman–Crippen MR) is 55.7 cm³/mol. The molecule has 74 valence electrons. The Hall–Kier alpha value is -1.08. The van der Waals surface area contributed by atoms with Crippen molar-refractivity contribution >= 4 is 21.9 Å². The fraction of sp³-hybridized carbons (Fsp3) is 0.400. The second kappa shape index (κ2) is 4.43. The number of alkyl halides is 1. The molecule has 0 radical (unpaired) electrons. The zero-order valence-electron chi connectivity index (χ0n) is 7.79. The number of nitriles is 1. The molecule has 0 heterocycles. The second-order valence-electron chi connectivity index (χ2n) is 3.12. The van der Waals surface area contributed by atoms with Crippen LogP contribution >= 0.6 is 15.9 Å². The molecule has 3 nitrogen and oxygen atoms in total. The minimum absolute atomic E-state index is 0.366. The lowest BCUT2D eigenvalue weighted by Gasteiger charge is -2.23. The summed E-state index contributed by atoms with van der Waals surface area (Å²) in [6.45, 7) is 0. The van der Waals surface area contributed by atoms with Crippen LogP contribution in [0.2, 0.25) is 0 Å². The number of hydrogen-bond acceptors (Lipinski definition) is 3. The van der Waals surface area contributed by atoms with E-state index in [0.29, 0.717) is 17.3 Å². The van der Waals surface area contributed by atoms with Gasteiger partial charge in [-0.05, 0) is 0 Å². The Morgan fingerprint density at radius 2 is 2.57 bits per heavy atom. The van der Waals surface area contributed by atoms with E-state index in [1.165, 1.54) is 7.11 Å². The van der Waals surface area contributed by atoms with Crippen molar-refractivity contribution in [3.63, 3.8) is 0 Å². The molecule has 1 atom stereocenters. The first-order valence-corrected chi connectivity index (χ1v) is 5.23. The molecule has 0 amide bonds. The lowest BCUT2D eigenvalue weighted by Crippen LogP contribution is -2.23. The summed E-state index contributed by atoms with van der Waals surface area (Å²) in [5, 5.41) is 9.52. The Kier molecular flexibility index (Phi) is 3.48. The van der Waals surface area contributed by atoms with E-state index in [1.807, 2.05) is 0 Å². The number of allylic oxidation sites excluding steroid dienone is 3. The molecule has 0 aliphatic heterocycles. The summed E-state index contributed by atoms with van der Waals surface area (Å²) in [7, 11) is 1.34.